The first-order valence-corrected chi connectivity index (χ1v) is 8.53. The number of rotatable bonds is 4. The van der Waals surface area contributed by atoms with Gasteiger partial charge in [-0.25, -0.2) is 0 Å². The van der Waals surface area contributed by atoms with Crippen molar-refractivity contribution < 1.29 is 9.53 Å². The number of nitrogens with zero attached hydrogens (tertiary/aromatic N) is 5. The summed E-state index contributed by atoms with van der Waals surface area (Å²) in [5, 5.41) is 7.48. The maximum absolute atomic E-state index is 12.5. The lowest BCUT2D eigenvalue weighted by molar-refractivity contribution is -0.120. The molecule has 1 aromatic heterocycles. The highest BCUT2D eigenvalue weighted by Gasteiger charge is 2.29. The zero-order chi connectivity index (χ0) is 18.6. The molecule has 1 amide bonds. The second-order valence-corrected chi connectivity index (χ2v) is 7.36. The first-order valence-electron chi connectivity index (χ1n) is 8.53. The van der Waals surface area contributed by atoms with E-state index in [1.807, 2.05) is 18.1 Å². The Morgan fingerprint density at radius 1 is 1.44 bits per heavy atom. The monoisotopic (exact) mass is 350 g/mol. The number of carbonyl (C=O) groups excluding carboxylic acids is 1. The second kappa shape index (κ2) is 7.86. The van der Waals surface area contributed by atoms with Crippen molar-refractivity contribution >= 4 is 17.6 Å². The Morgan fingerprint density at radius 2 is 2.16 bits per heavy atom. The molecule has 1 saturated heterocycles. The van der Waals surface area contributed by atoms with Gasteiger partial charge in [0.1, 0.15) is 6.54 Å². The van der Waals surface area contributed by atoms with E-state index in [2.05, 4.69) is 36.2 Å². The summed E-state index contributed by atoms with van der Waals surface area (Å²) in [5.41, 5.74) is 0.859. The molecule has 8 heteroatoms. The van der Waals surface area contributed by atoms with Crippen LogP contribution in [0.15, 0.2) is 17.4 Å². The van der Waals surface area contributed by atoms with Crippen molar-refractivity contribution in [3.05, 3.63) is 12.4 Å². The van der Waals surface area contributed by atoms with Gasteiger partial charge < -0.3 is 19.9 Å². The van der Waals surface area contributed by atoms with Gasteiger partial charge in [-0.3, -0.25) is 14.5 Å². The minimum atomic E-state index is 0.0232. The quantitative estimate of drug-likeness (QED) is 0.639. The Labute approximate surface area is 149 Å². The van der Waals surface area contributed by atoms with Crippen LogP contribution in [0, 0.1) is 5.41 Å². The summed E-state index contributed by atoms with van der Waals surface area (Å²) in [4.78, 5) is 20.6. The third-order valence-electron chi connectivity index (χ3n) is 4.43. The fraction of sp³-hybridized carbons (Fsp3) is 0.706. The van der Waals surface area contributed by atoms with Crippen LogP contribution in [0.2, 0.25) is 0 Å². The predicted octanol–water partition coefficient (Wildman–Crippen LogP) is 0.705. The first kappa shape index (κ1) is 19.2. The highest BCUT2D eigenvalue weighted by molar-refractivity contribution is 5.98. The van der Waals surface area contributed by atoms with Gasteiger partial charge in [-0.2, -0.15) is 5.10 Å². The van der Waals surface area contributed by atoms with Crippen molar-refractivity contribution in [3.63, 3.8) is 0 Å². The van der Waals surface area contributed by atoms with Gasteiger partial charge in [0.2, 0.25) is 5.91 Å². The predicted molar refractivity (Wildman–Crippen MR) is 98.7 cm³/mol. The van der Waals surface area contributed by atoms with E-state index in [9.17, 15) is 4.79 Å². The van der Waals surface area contributed by atoms with Gasteiger partial charge in [-0.05, 0) is 5.41 Å². The third-order valence-corrected chi connectivity index (χ3v) is 4.43. The molecule has 0 aromatic carbocycles. The smallest absolute Gasteiger partial charge is 0.246 e. The van der Waals surface area contributed by atoms with E-state index >= 15 is 0 Å². The highest BCUT2D eigenvalue weighted by atomic mass is 16.5. The van der Waals surface area contributed by atoms with Crippen LogP contribution < -0.4 is 10.2 Å². The largest absolute Gasteiger partial charge is 0.379 e. The van der Waals surface area contributed by atoms with Gasteiger partial charge >= 0.3 is 0 Å². The number of hydrogen-bond donors (Lipinski definition) is 1. The van der Waals surface area contributed by atoms with E-state index < -0.39 is 0 Å². The number of hydrogen-bond acceptors (Lipinski definition) is 4. The van der Waals surface area contributed by atoms with Crippen molar-refractivity contribution in [1.82, 2.24) is 20.0 Å². The standard InChI is InChI=1S/C17H30N6O2/c1-17(2,3)14(25-6)10-19-16(18-4)22-7-8-23(15(24)12-22)13-9-20-21(5)11-13/h9,11,14H,7-8,10,12H2,1-6H3,(H,18,19). The lowest BCUT2D eigenvalue weighted by Crippen LogP contribution is -2.56. The van der Waals surface area contributed by atoms with Crippen LogP contribution in [0.1, 0.15) is 20.8 Å². The van der Waals surface area contributed by atoms with Crippen molar-refractivity contribution in [1.29, 1.82) is 0 Å². The molecule has 0 bridgehead atoms. The fourth-order valence-corrected chi connectivity index (χ4v) is 2.93. The van der Waals surface area contributed by atoms with E-state index in [0.717, 1.165) is 11.6 Å². The van der Waals surface area contributed by atoms with Crippen molar-refractivity contribution in [2.24, 2.45) is 17.5 Å². The molecular weight excluding hydrogens is 320 g/mol. The highest BCUT2D eigenvalue weighted by Crippen LogP contribution is 2.21. The summed E-state index contributed by atoms with van der Waals surface area (Å²) in [6.45, 7) is 8.68. The van der Waals surface area contributed by atoms with Gasteiger partial charge in [-0.1, -0.05) is 20.8 Å². The average Bonchev–Trinajstić information content (AvgIpc) is 2.96. The Balaban J connectivity index is 1.96. The third kappa shape index (κ3) is 4.72. The molecule has 1 fully saturated rings. The van der Waals surface area contributed by atoms with Gasteiger partial charge in [0.15, 0.2) is 5.96 Å². The number of aliphatic imine (C=N–C) groups is 1. The van der Waals surface area contributed by atoms with E-state index in [0.29, 0.717) is 26.2 Å². The van der Waals surface area contributed by atoms with E-state index in [-0.39, 0.29) is 17.4 Å². The zero-order valence-corrected chi connectivity index (χ0v) is 16.1. The van der Waals surface area contributed by atoms with Gasteiger partial charge in [0.05, 0.1) is 18.0 Å². The molecule has 0 aliphatic carbocycles. The van der Waals surface area contributed by atoms with Crippen LogP contribution in [0.4, 0.5) is 5.69 Å². The molecule has 2 rings (SSSR count). The number of aryl methyl sites for hydroxylation is 1. The van der Waals surface area contributed by atoms with E-state index in [1.54, 1.807) is 29.9 Å². The van der Waals surface area contributed by atoms with Crippen LogP contribution in [-0.2, 0) is 16.6 Å². The molecule has 8 nitrogen and oxygen atoms in total. The number of anilines is 1. The Hall–Kier alpha value is -2.09. The average molecular weight is 350 g/mol. The van der Waals surface area contributed by atoms with Crippen molar-refractivity contribution in [3.8, 4) is 0 Å². The SMILES string of the molecule is CN=C(NCC(OC)C(C)(C)C)N1CCN(c2cnn(C)c2)C(=O)C1. The molecule has 0 spiro atoms. The fourth-order valence-electron chi connectivity index (χ4n) is 2.93. The first-order chi connectivity index (χ1) is 11.8. The minimum Gasteiger partial charge on any atom is -0.379 e. The lowest BCUT2D eigenvalue weighted by Gasteiger charge is -2.36. The summed E-state index contributed by atoms with van der Waals surface area (Å²) < 4.78 is 7.28. The lowest BCUT2D eigenvalue weighted by atomic mass is 9.89. The van der Waals surface area contributed by atoms with Crippen LogP contribution >= 0.6 is 0 Å². The van der Waals surface area contributed by atoms with Gasteiger partial charge in [0.25, 0.3) is 0 Å². The summed E-state index contributed by atoms with van der Waals surface area (Å²) >= 11 is 0. The van der Waals surface area contributed by atoms with Crippen molar-refractivity contribution in [2.75, 3.05) is 45.2 Å². The van der Waals surface area contributed by atoms with E-state index in [1.165, 1.54) is 0 Å². The molecule has 1 aliphatic heterocycles. The minimum absolute atomic E-state index is 0.0232. The molecular formula is C17H30N6O2. The van der Waals surface area contributed by atoms with E-state index in [4.69, 9.17) is 4.74 Å². The number of amides is 1. The second-order valence-electron chi connectivity index (χ2n) is 7.36. The molecule has 1 N–H and O–H groups in total. The topological polar surface area (TPSA) is 75.0 Å². The molecule has 0 saturated carbocycles. The molecule has 140 valence electrons. The molecule has 0 radical (unpaired) electrons. The molecule has 1 unspecified atom stereocenters. The molecule has 25 heavy (non-hydrogen) atoms. The summed E-state index contributed by atoms with van der Waals surface area (Å²) in [6.07, 6.45) is 3.62. The number of ether oxygens (including phenoxy) is 1. The summed E-state index contributed by atoms with van der Waals surface area (Å²) in [5.74, 6) is 0.770. The van der Waals surface area contributed by atoms with Crippen LogP contribution in [0.5, 0.6) is 0 Å². The van der Waals surface area contributed by atoms with Crippen molar-refractivity contribution in [2.45, 2.75) is 26.9 Å². The number of guanidine groups is 1. The maximum Gasteiger partial charge on any atom is 0.246 e. The number of carbonyl (C=O) groups is 1. The molecule has 1 atom stereocenters. The Morgan fingerprint density at radius 3 is 2.64 bits per heavy atom. The Bertz CT molecular complexity index is 619. The van der Waals surface area contributed by atoms with Gasteiger partial charge in [0, 0.05) is 47.0 Å². The molecule has 1 aliphatic rings. The molecule has 1 aromatic rings. The van der Waals surface area contributed by atoms with Crippen LogP contribution in [0.25, 0.3) is 0 Å². The number of aromatic nitrogens is 2. The Kier molecular flexibility index (Phi) is 6.05. The normalized spacial score (nSPS) is 17.8. The van der Waals surface area contributed by atoms with Gasteiger partial charge in [-0.15, -0.1) is 0 Å². The van der Waals surface area contributed by atoms with Crippen LogP contribution in [0.3, 0.4) is 0 Å². The molecule has 2 heterocycles. The summed E-state index contributed by atoms with van der Waals surface area (Å²) in [7, 11) is 5.30. The number of piperazine rings is 1. The maximum atomic E-state index is 12.5. The van der Waals surface area contributed by atoms with Crippen LogP contribution in [-0.4, -0.2) is 73.0 Å². The number of methoxy groups -OCH3 is 1. The number of nitrogens with one attached hydrogen (secondary N) is 1. The zero-order valence-electron chi connectivity index (χ0n) is 16.1. The summed E-state index contributed by atoms with van der Waals surface area (Å²) in [6, 6.07) is 0.